The number of hydrogen-bond acceptors (Lipinski definition) is 7. The molecule has 1 aliphatic carbocycles. The van der Waals surface area contributed by atoms with Crippen LogP contribution in [-0.2, 0) is 19.1 Å². The average molecular weight is 919 g/mol. The lowest BCUT2D eigenvalue weighted by Crippen LogP contribution is -2.30. The molecule has 0 aromatic rings. The first-order chi connectivity index (χ1) is 31.8. The second-order valence-electron chi connectivity index (χ2n) is 20.5. The van der Waals surface area contributed by atoms with Crippen LogP contribution in [0.1, 0.15) is 304 Å². The van der Waals surface area contributed by atoms with Crippen LogP contribution in [0.2, 0.25) is 0 Å². The van der Waals surface area contributed by atoms with Crippen LogP contribution in [-0.4, -0.2) is 71.1 Å². The molecule has 0 heterocycles. The van der Waals surface area contributed by atoms with Gasteiger partial charge in [-0.1, -0.05) is 206 Å². The van der Waals surface area contributed by atoms with E-state index < -0.39 is 12.2 Å². The molecule has 0 saturated carbocycles. The van der Waals surface area contributed by atoms with Crippen molar-refractivity contribution in [2.75, 3.05) is 19.6 Å². The van der Waals surface area contributed by atoms with Crippen molar-refractivity contribution >= 4 is 11.9 Å². The van der Waals surface area contributed by atoms with E-state index in [1.807, 2.05) is 6.08 Å². The molecule has 0 aromatic heterocycles. The monoisotopic (exact) mass is 918 g/mol. The molecule has 384 valence electrons. The molecule has 0 radical (unpaired) electrons. The van der Waals surface area contributed by atoms with E-state index in [9.17, 15) is 19.8 Å². The van der Waals surface area contributed by atoms with E-state index in [1.54, 1.807) is 0 Å². The van der Waals surface area contributed by atoms with Crippen LogP contribution in [0.4, 0.5) is 0 Å². The molecule has 7 heteroatoms. The highest BCUT2D eigenvalue weighted by atomic mass is 16.5. The molecular weight excluding hydrogens is 807 g/mol. The SMILES string of the molecule is CCCCCCCCC(CCCCCCCC)OC(=O)CCCCCCCN(CCCCCCCC(=O)OC(CCCCCCCC)CCCCCCCC)CCC1=CC(O)C(O)CC1. The maximum absolute atomic E-state index is 12.9. The van der Waals surface area contributed by atoms with Gasteiger partial charge in [-0.2, -0.15) is 0 Å². The molecule has 0 saturated heterocycles. The van der Waals surface area contributed by atoms with Crippen molar-refractivity contribution in [3.8, 4) is 0 Å². The van der Waals surface area contributed by atoms with Gasteiger partial charge in [0.15, 0.2) is 0 Å². The van der Waals surface area contributed by atoms with Crippen molar-refractivity contribution in [3.63, 3.8) is 0 Å². The summed E-state index contributed by atoms with van der Waals surface area (Å²) in [6, 6.07) is 0. The third-order valence-corrected chi connectivity index (χ3v) is 14.1. The Hall–Kier alpha value is -1.44. The van der Waals surface area contributed by atoms with Gasteiger partial charge in [-0.3, -0.25) is 9.59 Å². The number of ether oxygens (including phenoxy) is 2. The minimum Gasteiger partial charge on any atom is -0.462 e. The van der Waals surface area contributed by atoms with Crippen LogP contribution in [0.15, 0.2) is 11.6 Å². The molecular formula is C58H111NO6. The molecule has 7 nitrogen and oxygen atoms in total. The van der Waals surface area contributed by atoms with Gasteiger partial charge in [-0.15, -0.1) is 0 Å². The summed E-state index contributed by atoms with van der Waals surface area (Å²) in [5.41, 5.74) is 1.27. The zero-order valence-electron chi connectivity index (χ0n) is 43.9. The molecule has 2 atom stereocenters. The third kappa shape index (κ3) is 39.1. The number of aliphatic hydroxyl groups excluding tert-OH is 2. The molecule has 0 fully saturated rings. The minimum absolute atomic E-state index is 0.0129. The van der Waals surface area contributed by atoms with E-state index in [0.717, 1.165) is 110 Å². The van der Waals surface area contributed by atoms with Crippen LogP contribution < -0.4 is 0 Å². The predicted molar refractivity (Wildman–Crippen MR) is 278 cm³/mol. The number of nitrogens with zero attached hydrogens (tertiary/aromatic N) is 1. The minimum atomic E-state index is -0.736. The number of esters is 2. The van der Waals surface area contributed by atoms with Gasteiger partial charge >= 0.3 is 11.9 Å². The summed E-state index contributed by atoms with van der Waals surface area (Å²) < 4.78 is 12.2. The summed E-state index contributed by atoms with van der Waals surface area (Å²) in [5, 5.41) is 20.2. The second kappa shape index (κ2) is 46.3. The third-order valence-electron chi connectivity index (χ3n) is 14.1. The fourth-order valence-electron chi connectivity index (χ4n) is 9.68. The molecule has 0 aromatic carbocycles. The van der Waals surface area contributed by atoms with Gasteiger partial charge in [0.2, 0.25) is 0 Å². The number of hydrogen-bond donors (Lipinski definition) is 2. The molecule has 2 unspecified atom stereocenters. The average Bonchev–Trinajstić information content (AvgIpc) is 3.29. The fourth-order valence-corrected chi connectivity index (χ4v) is 9.68. The van der Waals surface area contributed by atoms with Crippen molar-refractivity contribution in [2.45, 2.75) is 328 Å². The smallest absolute Gasteiger partial charge is 0.306 e. The first kappa shape index (κ1) is 61.6. The largest absolute Gasteiger partial charge is 0.462 e. The highest BCUT2D eigenvalue weighted by molar-refractivity contribution is 5.69. The summed E-state index contributed by atoms with van der Waals surface area (Å²) in [4.78, 5) is 28.4. The molecule has 1 aliphatic rings. The molecule has 0 aliphatic heterocycles. The van der Waals surface area contributed by atoms with Gasteiger partial charge in [0.25, 0.3) is 0 Å². The van der Waals surface area contributed by atoms with Crippen molar-refractivity contribution in [2.24, 2.45) is 0 Å². The van der Waals surface area contributed by atoms with E-state index in [2.05, 4.69) is 32.6 Å². The maximum Gasteiger partial charge on any atom is 0.306 e. The van der Waals surface area contributed by atoms with E-state index in [1.165, 1.54) is 173 Å². The number of carbonyl (C=O) groups excluding carboxylic acids is 2. The highest BCUT2D eigenvalue weighted by Crippen LogP contribution is 2.23. The predicted octanol–water partition coefficient (Wildman–Crippen LogP) is 16.6. The zero-order valence-corrected chi connectivity index (χ0v) is 43.9. The lowest BCUT2D eigenvalue weighted by atomic mass is 9.93. The van der Waals surface area contributed by atoms with Crippen LogP contribution in [0.3, 0.4) is 0 Å². The number of unbranched alkanes of at least 4 members (excludes halogenated alkanes) is 28. The van der Waals surface area contributed by atoms with E-state index in [4.69, 9.17) is 9.47 Å². The summed E-state index contributed by atoms with van der Waals surface area (Å²) in [6.07, 6.45) is 50.0. The highest BCUT2D eigenvalue weighted by Gasteiger charge is 2.21. The Bertz CT molecular complexity index is 984. The molecule has 0 bridgehead atoms. The molecule has 2 N–H and O–H groups in total. The van der Waals surface area contributed by atoms with Crippen LogP contribution in [0.5, 0.6) is 0 Å². The molecule has 1 rings (SSSR count). The van der Waals surface area contributed by atoms with Gasteiger partial charge in [-0.25, -0.2) is 0 Å². The molecule has 0 amide bonds. The lowest BCUT2D eigenvalue weighted by Gasteiger charge is -2.26. The van der Waals surface area contributed by atoms with Crippen molar-refractivity contribution in [3.05, 3.63) is 11.6 Å². The number of aliphatic hydroxyl groups is 2. The van der Waals surface area contributed by atoms with E-state index in [0.29, 0.717) is 19.3 Å². The van der Waals surface area contributed by atoms with Gasteiger partial charge in [-0.05, 0) is 109 Å². The van der Waals surface area contributed by atoms with Crippen LogP contribution >= 0.6 is 0 Å². The van der Waals surface area contributed by atoms with Gasteiger partial charge in [0.1, 0.15) is 12.2 Å². The first-order valence-corrected chi connectivity index (χ1v) is 29.0. The van der Waals surface area contributed by atoms with E-state index >= 15 is 0 Å². The maximum atomic E-state index is 12.9. The number of carbonyl (C=O) groups is 2. The summed E-state index contributed by atoms with van der Waals surface area (Å²) in [5.74, 6) is 0.0259. The van der Waals surface area contributed by atoms with Crippen molar-refractivity contribution in [1.29, 1.82) is 0 Å². The first-order valence-electron chi connectivity index (χ1n) is 29.0. The zero-order chi connectivity index (χ0) is 47.3. The fraction of sp³-hybridized carbons (Fsp3) is 0.931. The van der Waals surface area contributed by atoms with Crippen LogP contribution in [0, 0.1) is 0 Å². The Morgan fingerprint density at radius 2 is 0.800 bits per heavy atom. The van der Waals surface area contributed by atoms with Crippen molar-refractivity contribution in [1.82, 2.24) is 4.90 Å². The molecule has 0 spiro atoms. The van der Waals surface area contributed by atoms with Gasteiger partial charge in [0.05, 0.1) is 12.2 Å². The van der Waals surface area contributed by atoms with Crippen molar-refractivity contribution < 1.29 is 29.3 Å². The molecule has 65 heavy (non-hydrogen) atoms. The standard InChI is InChI=1S/C58H111NO6/c1-5-9-13-17-23-31-39-53(40-32-24-18-14-10-6-2)64-57(62)43-35-27-21-29-37-48-59(50-47-52-45-46-55(60)56(61)51-52)49-38-30-22-28-36-44-58(63)65-54(41-33-25-19-15-11-7-3)42-34-26-20-16-12-8-4/h51,53-56,60-61H,5-50H2,1-4H3. The Morgan fingerprint density at radius 1 is 0.477 bits per heavy atom. The topological polar surface area (TPSA) is 96.3 Å². The van der Waals surface area contributed by atoms with E-state index in [-0.39, 0.29) is 24.1 Å². The Balaban J connectivity index is 2.45. The summed E-state index contributed by atoms with van der Waals surface area (Å²) >= 11 is 0. The second-order valence-corrected chi connectivity index (χ2v) is 20.5. The lowest BCUT2D eigenvalue weighted by molar-refractivity contribution is -0.151. The Labute approximate surface area is 404 Å². The number of rotatable bonds is 49. The summed E-state index contributed by atoms with van der Waals surface area (Å²) in [6.45, 7) is 12.2. The van der Waals surface area contributed by atoms with Gasteiger partial charge in [0, 0.05) is 19.4 Å². The normalized spacial score (nSPS) is 15.4. The van der Waals surface area contributed by atoms with Gasteiger partial charge < -0.3 is 24.6 Å². The van der Waals surface area contributed by atoms with Crippen LogP contribution in [0.25, 0.3) is 0 Å². The Kier molecular flexibility index (Phi) is 43.9. The Morgan fingerprint density at radius 3 is 1.15 bits per heavy atom. The summed E-state index contributed by atoms with van der Waals surface area (Å²) in [7, 11) is 0. The quantitative estimate of drug-likeness (QED) is 0.0356.